The zero-order valence-electron chi connectivity index (χ0n) is 15.4. The Kier molecular flexibility index (Phi) is 3.71. The zero-order valence-corrected chi connectivity index (χ0v) is 15.4. The summed E-state index contributed by atoms with van der Waals surface area (Å²) in [5.74, 6) is -0.269. The smallest absolute Gasteiger partial charge is 0.285 e. The van der Waals surface area contributed by atoms with E-state index in [0.717, 1.165) is 35.5 Å². The number of carbonyl (C=O) groups is 1. The first kappa shape index (κ1) is 16.6. The van der Waals surface area contributed by atoms with Crippen molar-refractivity contribution in [3.05, 3.63) is 50.8 Å². The van der Waals surface area contributed by atoms with Gasteiger partial charge < -0.3 is 4.90 Å². The second kappa shape index (κ2) is 5.82. The molecule has 0 spiro atoms. The fourth-order valence-electron chi connectivity index (χ4n) is 3.35. The zero-order chi connectivity index (χ0) is 18.6. The minimum atomic E-state index is -0.363. The van der Waals surface area contributed by atoms with Crippen molar-refractivity contribution < 1.29 is 4.79 Å². The van der Waals surface area contributed by atoms with Gasteiger partial charge in [-0.15, -0.1) is 0 Å². The Morgan fingerprint density at radius 2 is 2.08 bits per heavy atom. The maximum Gasteiger partial charge on any atom is 0.285 e. The van der Waals surface area contributed by atoms with Crippen molar-refractivity contribution >= 4 is 11.6 Å². The van der Waals surface area contributed by atoms with Gasteiger partial charge >= 0.3 is 0 Å². The highest BCUT2D eigenvalue weighted by Crippen LogP contribution is 2.30. The number of nitrogens with zero attached hydrogens (tertiary/aromatic N) is 5. The average molecular weight is 354 g/mol. The number of hydrogen-bond donors (Lipinski definition) is 1. The van der Waals surface area contributed by atoms with E-state index in [-0.39, 0.29) is 23.1 Å². The van der Waals surface area contributed by atoms with Gasteiger partial charge in [0.2, 0.25) is 0 Å². The van der Waals surface area contributed by atoms with Crippen LogP contribution in [0.4, 0.5) is 0 Å². The van der Waals surface area contributed by atoms with Crippen molar-refractivity contribution in [3.63, 3.8) is 0 Å². The van der Waals surface area contributed by atoms with Crippen molar-refractivity contribution in [3.8, 4) is 0 Å². The highest BCUT2D eigenvalue weighted by Gasteiger charge is 2.35. The van der Waals surface area contributed by atoms with Crippen LogP contribution in [0.5, 0.6) is 0 Å². The molecule has 0 atom stereocenters. The third-order valence-electron chi connectivity index (χ3n) is 5.09. The van der Waals surface area contributed by atoms with Crippen molar-refractivity contribution in [1.82, 2.24) is 29.3 Å². The summed E-state index contributed by atoms with van der Waals surface area (Å²) in [5.41, 5.74) is 4.05. The molecule has 1 saturated carbocycles. The van der Waals surface area contributed by atoms with Crippen LogP contribution >= 0.6 is 0 Å². The van der Waals surface area contributed by atoms with Crippen LogP contribution in [0.2, 0.25) is 0 Å². The molecule has 3 aromatic heterocycles. The summed E-state index contributed by atoms with van der Waals surface area (Å²) in [5, 5.41) is 7.37. The van der Waals surface area contributed by atoms with Crippen LogP contribution in [-0.4, -0.2) is 41.2 Å². The van der Waals surface area contributed by atoms with E-state index in [1.807, 2.05) is 32.5 Å². The first-order valence-electron chi connectivity index (χ1n) is 8.74. The van der Waals surface area contributed by atoms with Crippen LogP contribution in [-0.2, 0) is 13.6 Å². The topological polar surface area (TPSA) is 88.3 Å². The van der Waals surface area contributed by atoms with E-state index in [0.29, 0.717) is 12.2 Å². The van der Waals surface area contributed by atoms with E-state index in [9.17, 15) is 9.59 Å². The maximum atomic E-state index is 13.2. The fraction of sp³-hybridized carbons (Fsp3) is 0.444. The molecule has 0 saturated heterocycles. The van der Waals surface area contributed by atoms with Crippen molar-refractivity contribution in [2.45, 2.75) is 46.2 Å². The van der Waals surface area contributed by atoms with Crippen LogP contribution in [0, 0.1) is 20.8 Å². The van der Waals surface area contributed by atoms with E-state index < -0.39 is 0 Å². The van der Waals surface area contributed by atoms with Crippen LogP contribution in [0.3, 0.4) is 0 Å². The predicted molar refractivity (Wildman–Crippen MR) is 96.1 cm³/mol. The minimum absolute atomic E-state index is 0.0930. The number of amides is 1. The number of H-pyrrole nitrogens is 1. The van der Waals surface area contributed by atoms with Crippen LogP contribution < -0.4 is 5.56 Å². The molecule has 3 aromatic rings. The normalized spacial score (nSPS) is 14.2. The summed E-state index contributed by atoms with van der Waals surface area (Å²) in [4.78, 5) is 32.0. The van der Waals surface area contributed by atoms with Crippen LogP contribution in [0.25, 0.3) is 5.65 Å². The lowest BCUT2D eigenvalue weighted by molar-refractivity contribution is 0.0727. The Morgan fingerprint density at radius 1 is 1.35 bits per heavy atom. The number of carbonyl (C=O) groups excluding carboxylic acids is 1. The summed E-state index contributed by atoms with van der Waals surface area (Å²) < 4.78 is 3.15. The quantitative estimate of drug-likeness (QED) is 0.769. The van der Waals surface area contributed by atoms with Crippen LogP contribution in [0.15, 0.2) is 17.1 Å². The van der Waals surface area contributed by atoms with Crippen molar-refractivity contribution in [2.24, 2.45) is 7.05 Å². The number of aryl methyl sites for hydroxylation is 3. The lowest BCUT2D eigenvalue weighted by Crippen LogP contribution is -2.37. The van der Waals surface area contributed by atoms with E-state index in [1.54, 1.807) is 11.0 Å². The molecule has 1 fully saturated rings. The summed E-state index contributed by atoms with van der Waals surface area (Å²) in [6.45, 7) is 6.25. The molecule has 0 bridgehead atoms. The lowest BCUT2D eigenvalue weighted by Gasteiger charge is -2.22. The van der Waals surface area contributed by atoms with Gasteiger partial charge in [0.15, 0.2) is 5.65 Å². The minimum Gasteiger partial charge on any atom is -0.331 e. The molecule has 136 valence electrons. The molecule has 0 unspecified atom stereocenters. The van der Waals surface area contributed by atoms with Gasteiger partial charge in [0.25, 0.3) is 11.5 Å². The number of nitrogens with one attached hydrogen (secondary N) is 1. The van der Waals surface area contributed by atoms with E-state index in [1.165, 1.54) is 10.7 Å². The summed E-state index contributed by atoms with van der Waals surface area (Å²) in [6.07, 6.45) is 3.32. The van der Waals surface area contributed by atoms with Gasteiger partial charge in [-0.2, -0.15) is 5.10 Å². The number of fused-ring (bicyclic) bond motifs is 1. The molecular formula is C18H22N6O2. The molecule has 1 amide bonds. The highest BCUT2D eigenvalue weighted by atomic mass is 16.2. The van der Waals surface area contributed by atoms with Gasteiger partial charge in [0.1, 0.15) is 5.56 Å². The summed E-state index contributed by atoms with van der Waals surface area (Å²) >= 11 is 0. The first-order chi connectivity index (χ1) is 12.4. The number of aromatic nitrogens is 5. The predicted octanol–water partition coefficient (Wildman–Crippen LogP) is 1.49. The van der Waals surface area contributed by atoms with Crippen molar-refractivity contribution in [2.75, 3.05) is 0 Å². The van der Waals surface area contributed by atoms with Gasteiger partial charge in [-0.25, -0.2) is 9.50 Å². The molecule has 3 heterocycles. The number of aromatic amines is 1. The third-order valence-corrected chi connectivity index (χ3v) is 5.09. The molecule has 26 heavy (non-hydrogen) atoms. The fourth-order valence-corrected chi connectivity index (χ4v) is 3.35. The van der Waals surface area contributed by atoms with Gasteiger partial charge in [-0.1, -0.05) is 0 Å². The Labute approximate surface area is 150 Å². The molecule has 4 rings (SSSR count). The molecule has 1 aliphatic carbocycles. The van der Waals surface area contributed by atoms with Crippen molar-refractivity contribution in [1.29, 1.82) is 0 Å². The molecule has 1 N–H and O–H groups in total. The van der Waals surface area contributed by atoms with Gasteiger partial charge in [-0.3, -0.25) is 19.4 Å². The first-order valence-corrected chi connectivity index (χ1v) is 8.74. The van der Waals surface area contributed by atoms with Gasteiger partial charge in [-0.05, 0) is 33.6 Å². The van der Waals surface area contributed by atoms with E-state index in [2.05, 4.69) is 15.2 Å². The standard InChI is InChI=1S/C18H22N6O2/c1-10-7-16-19-8-14(18(26)24(16)20-10)17(25)23(13-5-6-13)9-15-11(2)21-22(4)12(15)3/h7-8,13,20H,5-6,9H2,1-4H3. The maximum absolute atomic E-state index is 13.2. The molecule has 0 aromatic carbocycles. The second-order valence-corrected chi connectivity index (χ2v) is 7.05. The SMILES string of the molecule is Cc1cc2ncc(C(=O)N(Cc3c(C)nn(C)c3C)C3CC3)c(=O)n2[nH]1. The number of rotatable bonds is 4. The number of hydrogen-bond acceptors (Lipinski definition) is 4. The Balaban J connectivity index is 1.72. The van der Waals surface area contributed by atoms with Crippen LogP contribution in [0.1, 0.15) is 45.8 Å². The molecule has 8 nitrogen and oxygen atoms in total. The largest absolute Gasteiger partial charge is 0.331 e. The molecule has 8 heteroatoms. The molecule has 1 aliphatic rings. The summed E-state index contributed by atoms with van der Waals surface area (Å²) in [7, 11) is 1.90. The lowest BCUT2D eigenvalue weighted by atomic mass is 10.1. The monoisotopic (exact) mass is 354 g/mol. The van der Waals surface area contributed by atoms with E-state index in [4.69, 9.17) is 0 Å². The van der Waals surface area contributed by atoms with Gasteiger partial charge in [0, 0.05) is 48.8 Å². The Hall–Kier alpha value is -2.90. The Morgan fingerprint density at radius 3 is 2.69 bits per heavy atom. The van der Waals surface area contributed by atoms with Gasteiger partial charge in [0.05, 0.1) is 5.69 Å². The average Bonchev–Trinajstić information content (AvgIpc) is 3.30. The molecular weight excluding hydrogens is 332 g/mol. The molecule has 0 radical (unpaired) electrons. The molecule has 0 aliphatic heterocycles. The Bertz CT molecular complexity index is 1070. The highest BCUT2D eigenvalue weighted by molar-refractivity contribution is 5.94. The third kappa shape index (κ3) is 2.61. The van der Waals surface area contributed by atoms with E-state index >= 15 is 0 Å². The summed E-state index contributed by atoms with van der Waals surface area (Å²) in [6, 6.07) is 1.95. The second-order valence-electron chi connectivity index (χ2n) is 7.05.